The first-order valence-electron chi connectivity index (χ1n) is 4.89. The summed E-state index contributed by atoms with van der Waals surface area (Å²) in [7, 11) is 1.66. The summed E-state index contributed by atoms with van der Waals surface area (Å²) in [4.78, 5) is 4.45. The van der Waals surface area contributed by atoms with Crippen LogP contribution in [0.15, 0.2) is 24.3 Å². The fourth-order valence-corrected chi connectivity index (χ4v) is 1.67. The molecule has 15 heavy (non-hydrogen) atoms. The molecule has 0 bridgehead atoms. The van der Waals surface area contributed by atoms with Crippen molar-refractivity contribution in [2.24, 2.45) is 5.73 Å². The van der Waals surface area contributed by atoms with E-state index in [1.165, 1.54) is 5.56 Å². The SMILES string of the molecule is COc1ccc2nc(CN)cc(C)c2c1. The summed E-state index contributed by atoms with van der Waals surface area (Å²) in [5, 5.41) is 1.12. The van der Waals surface area contributed by atoms with Crippen molar-refractivity contribution in [1.29, 1.82) is 0 Å². The third-order valence-electron chi connectivity index (χ3n) is 2.48. The van der Waals surface area contributed by atoms with E-state index in [2.05, 4.69) is 11.9 Å². The van der Waals surface area contributed by atoms with E-state index in [1.807, 2.05) is 24.3 Å². The number of hydrogen-bond donors (Lipinski definition) is 1. The quantitative estimate of drug-likeness (QED) is 0.810. The molecule has 2 aromatic rings. The zero-order valence-electron chi connectivity index (χ0n) is 8.95. The summed E-state index contributed by atoms with van der Waals surface area (Å²) >= 11 is 0. The molecule has 0 saturated carbocycles. The smallest absolute Gasteiger partial charge is 0.119 e. The maximum absolute atomic E-state index is 5.58. The molecule has 0 unspecified atom stereocenters. The molecule has 0 radical (unpaired) electrons. The van der Waals surface area contributed by atoms with Crippen molar-refractivity contribution in [2.75, 3.05) is 7.11 Å². The van der Waals surface area contributed by atoms with Gasteiger partial charge < -0.3 is 10.5 Å². The van der Waals surface area contributed by atoms with Gasteiger partial charge in [-0.2, -0.15) is 0 Å². The van der Waals surface area contributed by atoms with Gasteiger partial charge in [0, 0.05) is 11.9 Å². The predicted octanol–water partition coefficient (Wildman–Crippen LogP) is 2.01. The van der Waals surface area contributed by atoms with Crippen LogP contribution < -0.4 is 10.5 Å². The second-order valence-electron chi connectivity index (χ2n) is 3.52. The van der Waals surface area contributed by atoms with Crippen molar-refractivity contribution in [1.82, 2.24) is 4.98 Å². The molecule has 0 fully saturated rings. The van der Waals surface area contributed by atoms with Gasteiger partial charge in [-0.1, -0.05) is 0 Å². The maximum atomic E-state index is 5.58. The monoisotopic (exact) mass is 202 g/mol. The van der Waals surface area contributed by atoms with Crippen molar-refractivity contribution in [3.05, 3.63) is 35.5 Å². The van der Waals surface area contributed by atoms with Crippen molar-refractivity contribution < 1.29 is 4.74 Å². The number of nitrogens with zero attached hydrogens (tertiary/aromatic N) is 1. The van der Waals surface area contributed by atoms with Gasteiger partial charge in [0.2, 0.25) is 0 Å². The number of hydrogen-bond acceptors (Lipinski definition) is 3. The standard InChI is InChI=1S/C12H14N2O/c1-8-5-9(7-13)14-12-4-3-10(15-2)6-11(8)12/h3-6H,7,13H2,1-2H3. The lowest BCUT2D eigenvalue weighted by Crippen LogP contribution is -2.00. The first-order valence-corrected chi connectivity index (χ1v) is 4.89. The number of ether oxygens (including phenoxy) is 1. The van der Waals surface area contributed by atoms with Crippen LogP contribution >= 0.6 is 0 Å². The third kappa shape index (κ3) is 1.78. The Bertz CT molecular complexity index is 494. The largest absolute Gasteiger partial charge is 0.497 e. The Hall–Kier alpha value is -1.61. The number of rotatable bonds is 2. The molecule has 0 aliphatic carbocycles. The van der Waals surface area contributed by atoms with E-state index in [4.69, 9.17) is 10.5 Å². The van der Waals surface area contributed by atoms with Crippen LogP contribution in [0.4, 0.5) is 0 Å². The molecule has 1 heterocycles. The second-order valence-corrected chi connectivity index (χ2v) is 3.52. The molecule has 0 aliphatic rings. The topological polar surface area (TPSA) is 48.1 Å². The van der Waals surface area contributed by atoms with Crippen LogP contribution in [-0.2, 0) is 6.54 Å². The fourth-order valence-electron chi connectivity index (χ4n) is 1.67. The normalized spacial score (nSPS) is 10.6. The lowest BCUT2D eigenvalue weighted by atomic mass is 10.1. The molecule has 1 aromatic carbocycles. The second kappa shape index (κ2) is 3.87. The third-order valence-corrected chi connectivity index (χ3v) is 2.48. The minimum absolute atomic E-state index is 0.475. The van der Waals surface area contributed by atoms with E-state index in [9.17, 15) is 0 Å². The molecule has 0 atom stereocenters. The van der Waals surface area contributed by atoms with E-state index in [0.29, 0.717) is 6.54 Å². The van der Waals surface area contributed by atoms with Gasteiger partial charge >= 0.3 is 0 Å². The highest BCUT2D eigenvalue weighted by Crippen LogP contribution is 2.22. The number of nitrogens with two attached hydrogens (primary N) is 1. The molecule has 78 valence electrons. The Morgan fingerprint density at radius 3 is 2.80 bits per heavy atom. The summed E-state index contributed by atoms with van der Waals surface area (Å²) in [6.45, 7) is 2.53. The van der Waals surface area contributed by atoms with Crippen LogP contribution in [0.1, 0.15) is 11.3 Å². The van der Waals surface area contributed by atoms with Gasteiger partial charge in [-0.05, 0) is 36.8 Å². The van der Waals surface area contributed by atoms with Crippen LogP contribution in [0.3, 0.4) is 0 Å². The molecule has 0 spiro atoms. The first-order chi connectivity index (χ1) is 7.24. The molecular weight excluding hydrogens is 188 g/mol. The Morgan fingerprint density at radius 2 is 2.13 bits per heavy atom. The van der Waals surface area contributed by atoms with Crippen LogP contribution in [-0.4, -0.2) is 12.1 Å². The maximum Gasteiger partial charge on any atom is 0.119 e. The van der Waals surface area contributed by atoms with E-state index in [1.54, 1.807) is 7.11 Å². The zero-order valence-corrected chi connectivity index (χ0v) is 8.95. The first kappa shape index (κ1) is 9.93. The minimum atomic E-state index is 0.475. The van der Waals surface area contributed by atoms with Gasteiger partial charge in [-0.3, -0.25) is 4.98 Å². The average molecular weight is 202 g/mol. The molecule has 0 aliphatic heterocycles. The number of aromatic nitrogens is 1. The summed E-state index contributed by atoms with van der Waals surface area (Å²) in [6.07, 6.45) is 0. The van der Waals surface area contributed by atoms with E-state index in [0.717, 1.165) is 22.3 Å². The fraction of sp³-hybridized carbons (Fsp3) is 0.250. The van der Waals surface area contributed by atoms with Crippen molar-refractivity contribution in [2.45, 2.75) is 13.5 Å². The Kier molecular flexibility index (Phi) is 2.56. The van der Waals surface area contributed by atoms with Crippen LogP contribution in [0.25, 0.3) is 10.9 Å². The Labute approximate surface area is 88.9 Å². The van der Waals surface area contributed by atoms with E-state index < -0.39 is 0 Å². The van der Waals surface area contributed by atoms with E-state index in [-0.39, 0.29) is 0 Å². The van der Waals surface area contributed by atoms with Crippen LogP contribution in [0.5, 0.6) is 5.75 Å². The number of pyridine rings is 1. The summed E-state index contributed by atoms with van der Waals surface area (Å²) in [5.41, 5.74) is 8.65. The zero-order chi connectivity index (χ0) is 10.8. The van der Waals surface area contributed by atoms with E-state index >= 15 is 0 Å². The van der Waals surface area contributed by atoms with Gasteiger partial charge in [0.15, 0.2) is 0 Å². The molecular formula is C12H14N2O. The highest BCUT2D eigenvalue weighted by atomic mass is 16.5. The molecule has 0 amide bonds. The van der Waals surface area contributed by atoms with Gasteiger partial charge in [0.1, 0.15) is 5.75 Å². The Morgan fingerprint density at radius 1 is 1.33 bits per heavy atom. The molecule has 3 heteroatoms. The highest BCUT2D eigenvalue weighted by molar-refractivity contribution is 5.83. The number of methoxy groups -OCH3 is 1. The summed E-state index contributed by atoms with van der Waals surface area (Å²) < 4.78 is 5.18. The van der Waals surface area contributed by atoms with Crippen LogP contribution in [0.2, 0.25) is 0 Å². The van der Waals surface area contributed by atoms with Crippen molar-refractivity contribution in [3.63, 3.8) is 0 Å². The average Bonchev–Trinajstić information content (AvgIpc) is 2.28. The van der Waals surface area contributed by atoms with Gasteiger partial charge in [-0.25, -0.2) is 0 Å². The van der Waals surface area contributed by atoms with Gasteiger partial charge in [-0.15, -0.1) is 0 Å². The predicted molar refractivity (Wildman–Crippen MR) is 60.9 cm³/mol. The van der Waals surface area contributed by atoms with Gasteiger partial charge in [0.25, 0.3) is 0 Å². The Balaban J connectivity index is 2.68. The lowest BCUT2D eigenvalue weighted by Gasteiger charge is -2.06. The molecule has 2 rings (SSSR count). The van der Waals surface area contributed by atoms with Crippen molar-refractivity contribution >= 4 is 10.9 Å². The number of benzene rings is 1. The van der Waals surface area contributed by atoms with Crippen LogP contribution in [0, 0.1) is 6.92 Å². The highest BCUT2D eigenvalue weighted by Gasteiger charge is 2.03. The summed E-state index contributed by atoms with van der Waals surface area (Å²) in [5.74, 6) is 0.855. The lowest BCUT2D eigenvalue weighted by molar-refractivity contribution is 0.415. The number of fused-ring (bicyclic) bond motifs is 1. The minimum Gasteiger partial charge on any atom is -0.497 e. The molecule has 3 nitrogen and oxygen atoms in total. The molecule has 0 saturated heterocycles. The molecule has 2 N–H and O–H groups in total. The van der Waals surface area contributed by atoms with Crippen molar-refractivity contribution in [3.8, 4) is 5.75 Å². The molecule has 1 aromatic heterocycles. The summed E-state index contributed by atoms with van der Waals surface area (Å²) in [6, 6.07) is 7.88. The van der Waals surface area contributed by atoms with Gasteiger partial charge in [0.05, 0.1) is 18.3 Å². The number of aryl methyl sites for hydroxylation is 1.